The van der Waals surface area contributed by atoms with Gasteiger partial charge in [-0.15, -0.1) is 0 Å². The average molecular weight is 401 g/mol. The van der Waals surface area contributed by atoms with E-state index in [1.165, 1.54) is 0 Å². The van der Waals surface area contributed by atoms with Crippen molar-refractivity contribution in [2.45, 2.75) is 6.04 Å². The van der Waals surface area contributed by atoms with Gasteiger partial charge >= 0.3 is 0 Å². The van der Waals surface area contributed by atoms with Gasteiger partial charge in [0.15, 0.2) is 0 Å². The average Bonchev–Trinajstić information content (AvgIpc) is 3.13. The number of fused-ring (bicyclic) bond motifs is 3. The molecular weight excluding hydrogens is 378 g/mol. The van der Waals surface area contributed by atoms with Crippen LogP contribution in [0.2, 0.25) is 0 Å². The Balaban J connectivity index is 1.24. The molecule has 3 aliphatic heterocycles. The van der Waals surface area contributed by atoms with Crippen LogP contribution in [-0.4, -0.2) is 43.9 Å². The second-order valence-corrected chi connectivity index (χ2v) is 8.16. The summed E-state index contributed by atoms with van der Waals surface area (Å²) in [5.41, 5.74) is 5.51. The van der Waals surface area contributed by atoms with Crippen molar-refractivity contribution < 1.29 is 9.63 Å². The first-order valence-electron chi connectivity index (χ1n) is 10.5. The molecule has 7 nitrogen and oxygen atoms in total. The minimum Gasteiger partial charge on any atom is -0.394 e. The Morgan fingerprint density at radius 1 is 0.967 bits per heavy atom. The number of carbonyl (C=O) groups is 1. The molecule has 0 bridgehead atoms. The number of carbonyl (C=O) groups excluding carboxylic acids is 1. The highest BCUT2D eigenvalue weighted by atomic mass is 16.6. The van der Waals surface area contributed by atoms with E-state index in [4.69, 9.17) is 4.84 Å². The minimum absolute atomic E-state index is 0.130. The summed E-state index contributed by atoms with van der Waals surface area (Å²) in [6.07, 6.45) is 0. The van der Waals surface area contributed by atoms with Crippen LogP contribution in [0.15, 0.2) is 59.4 Å². The molecular formula is C23H23N5O2. The van der Waals surface area contributed by atoms with Crippen molar-refractivity contribution in [1.29, 1.82) is 0 Å². The lowest BCUT2D eigenvalue weighted by atomic mass is 10.0. The van der Waals surface area contributed by atoms with Crippen molar-refractivity contribution in [3.63, 3.8) is 0 Å². The van der Waals surface area contributed by atoms with Gasteiger partial charge in [0.1, 0.15) is 12.3 Å². The molecule has 2 unspecified atom stereocenters. The molecule has 7 heteroatoms. The smallest absolute Gasteiger partial charge is 0.258 e. The zero-order valence-corrected chi connectivity index (χ0v) is 16.4. The Morgan fingerprint density at radius 2 is 1.67 bits per heavy atom. The molecule has 2 fully saturated rings. The Bertz CT molecular complexity index is 1080. The Kier molecular flexibility index (Phi) is 4.11. The maximum atomic E-state index is 12.7. The third-order valence-corrected chi connectivity index (χ3v) is 6.42. The fourth-order valence-electron chi connectivity index (χ4n) is 4.87. The summed E-state index contributed by atoms with van der Waals surface area (Å²) in [7, 11) is 0. The predicted molar refractivity (Wildman–Crippen MR) is 116 cm³/mol. The molecule has 0 radical (unpaired) electrons. The van der Waals surface area contributed by atoms with Crippen molar-refractivity contribution in [3.8, 4) is 0 Å². The van der Waals surface area contributed by atoms with Crippen molar-refractivity contribution in [1.82, 2.24) is 10.6 Å². The van der Waals surface area contributed by atoms with Gasteiger partial charge < -0.3 is 26.1 Å². The number of hydrogen-bond donors (Lipinski definition) is 4. The topological polar surface area (TPSA) is 86.8 Å². The van der Waals surface area contributed by atoms with Crippen molar-refractivity contribution >= 4 is 28.6 Å². The highest BCUT2D eigenvalue weighted by Gasteiger charge is 2.52. The van der Waals surface area contributed by atoms with Gasteiger partial charge in [0, 0.05) is 35.1 Å². The van der Waals surface area contributed by atoms with Crippen molar-refractivity contribution in [2.24, 2.45) is 17.0 Å². The van der Waals surface area contributed by atoms with Crippen LogP contribution in [0.25, 0.3) is 5.57 Å². The number of benzene rings is 2. The number of oxime groups is 1. The van der Waals surface area contributed by atoms with Crippen LogP contribution in [0.4, 0.5) is 11.4 Å². The molecule has 0 aromatic heterocycles. The summed E-state index contributed by atoms with van der Waals surface area (Å²) in [6, 6.07) is 16.2. The van der Waals surface area contributed by atoms with Crippen LogP contribution in [0, 0.1) is 11.8 Å². The Labute approximate surface area is 174 Å². The normalized spacial score (nSPS) is 29.3. The summed E-state index contributed by atoms with van der Waals surface area (Å²) in [4.78, 5) is 18.4. The molecule has 2 aromatic carbocycles. The molecule has 3 heterocycles. The maximum absolute atomic E-state index is 12.7. The summed E-state index contributed by atoms with van der Waals surface area (Å²) < 4.78 is 0. The highest BCUT2D eigenvalue weighted by Crippen LogP contribution is 2.41. The first kappa shape index (κ1) is 17.7. The van der Waals surface area contributed by atoms with Crippen LogP contribution >= 0.6 is 0 Å². The summed E-state index contributed by atoms with van der Waals surface area (Å²) in [5.74, 6) is 1.42. The molecule has 1 aliphatic carbocycles. The molecule has 1 saturated heterocycles. The van der Waals surface area contributed by atoms with Gasteiger partial charge in [-0.05, 0) is 37.1 Å². The minimum atomic E-state index is -0.130. The lowest BCUT2D eigenvalue weighted by Gasteiger charge is -2.08. The molecule has 1 amide bonds. The highest BCUT2D eigenvalue weighted by molar-refractivity contribution is 6.39. The number of anilines is 2. The van der Waals surface area contributed by atoms with E-state index in [0.29, 0.717) is 29.6 Å². The molecule has 1 saturated carbocycles. The van der Waals surface area contributed by atoms with Gasteiger partial charge in [-0.2, -0.15) is 0 Å². The number of piperidine rings is 1. The third kappa shape index (κ3) is 2.81. The van der Waals surface area contributed by atoms with E-state index >= 15 is 0 Å². The molecule has 30 heavy (non-hydrogen) atoms. The van der Waals surface area contributed by atoms with E-state index < -0.39 is 0 Å². The van der Waals surface area contributed by atoms with Gasteiger partial charge in [0.25, 0.3) is 5.91 Å². The monoisotopic (exact) mass is 401 g/mol. The summed E-state index contributed by atoms with van der Waals surface area (Å²) in [5, 5.41) is 17.7. The standard InChI is InChI=1S/C23H23N5O2/c29-23-19(13-5-1-3-7-17(13)27-23)22-21(14-6-2-4-8-18(14)26-22)28-30-10-9-25-20-15-11-24-12-16(15)20/h1-8,15-16,20,24-26H,9-12H2,(H,27,29)/b22-19-,28-21+. The second-order valence-electron chi connectivity index (χ2n) is 8.16. The molecule has 2 aromatic rings. The van der Waals surface area contributed by atoms with Crippen LogP contribution in [-0.2, 0) is 9.63 Å². The number of nitrogens with zero attached hydrogens (tertiary/aromatic N) is 1. The van der Waals surface area contributed by atoms with Gasteiger partial charge in [0.2, 0.25) is 0 Å². The first-order valence-corrected chi connectivity index (χ1v) is 10.5. The van der Waals surface area contributed by atoms with E-state index in [9.17, 15) is 4.79 Å². The first-order chi connectivity index (χ1) is 14.8. The summed E-state index contributed by atoms with van der Waals surface area (Å²) in [6.45, 7) is 3.49. The molecule has 0 spiro atoms. The number of hydrogen-bond acceptors (Lipinski definition) is 6. The van der Waals surface area contributed by atoms with Crippen molar-refractivity contribution in [2.75, 3.05) is 36.9 Å². The SMILES string of the molecule is O=C1Nc2ccccc2/C1=C1/Nc2ccccc2/C1=N\OCCNC1C2CNCC21. The van der Waals surface area contributed by atoms with Crippen molar-refractivity contribution in [3.05, 3.63) is 65.4 Å². The van der Waals surface area contributed by atoms with E-state index in [1.807, 2.05) is 48.5 Å². The molecule has 4 N–H and O–H groups in total. The Hall–Kier alpha value is -3.16. The number of para-hydroxylation sites is 2. The zero-order chi connectivity index (χ0) is 20.1. The van der Waals surface area contributed by atoms with E-state index in [-0.39, 0.29) is 5.91 Å². The fraction of sp³-hybridized carbons (Fsp3) is 0.304. The van der Waals surface area contributed by atoms with E-state index in [1.54, 1.807) is 0 Å². The molecule has 6 rings (SSSR count). The van der Waals surface area contributed by atoms with Crippen LogP contribution in [0.3, 0.4) is 0 Å². The Morgan fingerprint density at radius 3 is 2.47 bits per heavy atom. The van der Waals surface area contributed by atoms with Crippen LogP contribution < -0.4 is 21.3 Å². The van der Waals surface area contributed by atoms with E-state index in [0.717, 1.165) is 54.0 Å². The number of rotatable bonds is 5. The van der Waals surface area contributed by atoms with Crippen LogP contribution in [0.5, 0.6) is 0 Å². The summed E-state index contributed by atoms with van der Waals surface area (Å²) >= 11 is 0. The third-order valence-electron chi connectivity index (χ3n) is 6.42. The van der Waals surface area contributed by atoms with Crippen LogP contribution in [0.1, 0.15) is 11.1 Å². The van der Waals surface area contributed by atoms with E-state index in [2.05, 4.69) is 26.4 Å². The predicted octanol–water partition coefficient (Wildman–Crippen LogP) is 2.00. The number of allylic oxidation sites excluding steroid dienone is 1. The molecule has 2 atom stereocenters. The van der Waals surface area contributed by atoms with Gasteiger partial charge in [-0.1, -0.05) is 41.6 Å². The number of amides is 1. The second kappa shape index (κ2) is 6.97. The number of nitrogens with one attached hydrogen (secondary N) is 4. The quantitative estimate of drug-likeness (QED) is 0.350. The van der Waals surface area contributed by atoms with Gasteiger partial charge in [0.05, 0.1) is 11.3 Å². The lowest BCUT2D eigenvalue weighted by molar-refractivity contribution is -0.110. The fourth-order valence-corrected chi connectivity index (χ4v) is 4.87. The van der Waals surface area contributed by atoms with Gasteiger partial charge in [-0.25, -0.2) is 0 Å². The largest absolute Gasteiger partial charge is 0.394 e. The lowest BCUT2D eigenvalue weighted by Crippen LogP contribution is -2.29. The molecule has 152 valence electrons. The van der Waals surface area contributed by atoms with Gasteiger partial charge in [-0.3, -0.25) is 4.79 Å². The maximum Gasteiger partial charge on any atom is 0.258 e. The molecule has 4 aliphatic rings. The zero-order valence-electron chi connectivity index (χ0n) is 16.4.